The van der Waals surface area contributed by atoms with E-state index in [-0.39, 0.29) is 0 Å². The van der Waals surface area contributed by atoms with Gasteiger partial charge in [-0.15, -0.1) is 0 Å². The topological polar surface area (TPSA) is 39.3 Å². The van der Waals surface area contributed by atoms with Crippen molar-refractivity contribution in [2.75, 3.05) is 0 Å². The maximum Gasteiger partial charge on any atom is 0.242 e. The minimum atomic E-state index is -0.392. The van der Waals surface area contributed by atoms with E-state index in [2.05, 4.69) is 104 Å². The van der Waals surface area contributed by atoms with Gasteiger partial charge in [0.05, 0.1) is 0 Å². The molecule has 0 amide bonds. The highest BCUT2D eigenvalue weighted by molar-refractivity contribution is 5.51. The van der Waals surface area contributed by atoms with Crippen molar-refractivity contribution < 1.29 is 9.13 Å². The van der Waals surface area contributed by atoms with Crippen LogP contribution in [0.4, 0.5) is 0 Å². The molecule has 30 heavy (non-hydrogen) atoms. The molecule has 2 aromatic carbocycles. The van der Waals surface area contributed by atoms with Gasteiger partial charge in [0, 0.05) is 11.1 Å². The number of aryl methyl sites for hydroxylation is 6. The quantitative estimate of drug-likeness (QED) is 0.470. The molecule has 0 aliphatic rings. The summed E-state index contributed by atoms with van der Waals surface area (Å²) >= 11 is 0. The zero-order valence-corrected chi connectivity index (χ0v) is 18.9. The van der Waals surface area contributed by atoms with Gasteiger partial charge in [-0.3, -0.25) is 9.97 Å². The van der Waals surface area contributed by atoms with Gasteiger partial charge in [-0.1, -0.05) is 35.4 Å². The van der Waals surface area contributed by atoms with Crippen molar-refractivity contribution in [3.63, 3.8) is 0 Å². The maximum atomic E-state index is 3.30. The van der Waals surface area contributed by atoms with Crippen LogP contribution < -0.4 is 9.13 Å². The van der Waals surface area contributed by atoms with Gasteiger partial charge >= 0.3 is 0 Å². The third-order valence-corrected chi connectivity index (χ3v) is 6.18. The Kier molecular flexibility index (Phi) is 5.10. The number of hydrogen-bond acceptors (Lipinski definition) is 0. The van der Waals surface area contributed by atoms with Crippen LogP contribution in [0, 0.1) is 41.5 Å². The van der Waals surface area contributed by atoms with Crippen molar-refractivity contribution >= 4 is 0 Å². The lowest BCUT2D eigenvalue weighted by atomic mass is 9.74. The molecular formula is C26H32N4+2. The van der Waals surface area contributed by atoms with Crippen LogP contribution >= 0.6 is 0 Å². The summed E-state index contributed by atoms with van der Waals surface area (Å²) in [6.45, 7) is 14.1. The summed E-state index contributed by atoms with van der Waals surface area (Å²) in [5, 5.41) is 0. The Morgan fingerprint density at radius 1 is 0.667 bits per heavy atom. The van der Waals surface area contributed by atoms with Crippen molar-refractivity contribution in [1.82, 2.24) is 9.97 Å². The summed E-state index contributed by atoms with van der Waals surface area (Å²) in [6, 6.07) is 9.24. The number of benzene rings is 2. The average molecular weight is 401 g/mol. The van der Waals surface area contributed by atoms with Crippen LogP contribution in [0.5, 0.6) is 0 Å². The molecule has 4 aromatic rings. The van der Waals surface area contributed by atoms with Gasteiger partial charge in [-0.05, 0) is 63.8 Å². The molecule has 0 atom stereocenters. The zero-order valence-electron chi connectivity index (χ0n) is 18.9. The first-order valence-electron chi connectivity index (χ1n) is 10.6. The lowest BCUT2D eigenvalue weighted by Crippen LogP contribution is -2.64. The standard InChI is InChI=1S/C26H30N4/c1-18-11-20(3)24(21(4)12-18)26(30-10-8-28-17-30,15-29-9-7-27-16-29)25-22(5)13-19(2)14-23(25)6/h7-14,16-17H,15H2,1-6H3/p+2. The summed E-state index contributed by atoms with van der Waals surface area (Å²) in [6.07, 6.45) is 12.4. The Morgan fingerprint density at radius 3 is 1.53 bits per heavy atom. The Hall–Kier alpha value is -3.14. The molecule has 2 heterocycles. The number of aromatic amines is 2. The fourth-order valence-corrected chi connectivity index (χ4v) is 5.50. The summed E-state index contributed by atoms with van der Waals surface area (Å²) in [4.78, 5) is 6.52. The van der Waals surface area contributed by atoms with Crippen molar-refractivity contribution in [2.24, 2.45) is 0 Å². The molecule has 0 spiro atoms. The number of imidazole rings is 2. The van der Waals surface area contributed by atoms with Crippen molar-refractivity contribution in [3.05, 3.63) is 106 Å². The molecule has 154 valence electrons. The Bertz CT molecular complexity index is 1060. The van der Waals surface area contributed by atoms with Crippen LogP contribution in [0.2, 0.25) is 0 Å². The maximum absolute atomic E-state index is 3.30. The second kappa shape index (κ2) is 7.60. The van der Waals surface area contributed by atoms with E-state index >= 15 is 0 Å². The van der Waals surface area contributed by atoms with Crippen LogP contribution in [0.25, 0.3) is 0 Å². The highest BCUT2D eigenvalue weighted by Gasteiger charge is 2.47. The Labute approximate surface area is 179 Å². The fourth-order valence-electron chi connectivity index (χ4n) is 5.50. The molecule has 0 saturated carbocycles. The third kappa shape index (κ3) is 3.26. The number of H-pyrrole nitrogens is 2. The Morgan fingerprint density at radius 2 is 1.13 bits per heavy atom. The smallest absolute Gasteiger partial charge is 0.242 e. The van der Waals surface area contributed by atoms with Gasteiger partial charge in [-0.25, -0.2) is 9.13 Å². The van der Waals surface area contributed by atoms with Crippen LogP contribution in [0.3, 0.4) is 0 Å². The number of rotatable bonds is 5. The SMILES string of the molecule is Cc1cc(C)c(C(C[n+]2cc[nH]c2)(c2c(C)cc(C)cc2C)[n+]2cc[nH]c2)c(C)c1. The summed E-state index contributed by atoms with van der Waals surface area (Å²) < 4.78 is 4.60. The summed E-state index contributed by atoms with van der Waals surface area (Å²) in [5.74, 6) is 0. The van der Waals surface area contributed by atoms with Crippen molar-refractivity contribution in [3.8, 4) is 0 Å². The predicted octanol–water partition coefficient (Wildman–Crippen LogP) is 4.26. The molecule has 0 unspecified atom stereocenters. The van der Waals surface area contributed by atoms with E-state index in [9.17, 15) is 0 Å². The first-order chi connectivity index (χ1) is 14.3. The normalized spacial score (nSPS) is 11.8. The number of nitrogens with zero attached hydrogens (tertiary/aromatic N) is 2. The first-order valence-corrected chi connectivity index (χ1v) is 10.6. The highest BCUT2D eigenvalue weighted by Crippen LogP contribution is 2.38. The fraction of sp³-hybridized carbons (Fsp3) is 0.308. The zero-order chi connectivity index (χ0) is 21.5. The minimum Gasteiger partial charge on any atom is -0.250 e. The molecule has 4 heteroatoms. The van der Waals surface area contributed by atoms with Crippen molar-refractivity contribution in [1.29, 1.82) is 0 Å². The molecule has 0 radical (unpaired) electrons. The van der Waals surface area contributed by atoms with E-state index in [4.69, 9.17) is 0 Å². The number of nitrogens with one attached hydrogen (secondary N) is 2. The largest absolute Gasteiger partial charge is 0.250 e. The molecule has 0 bridgehead atoms. The van der Waals surface area contributed by atoms with E-state index < -0.39 is 5.54 Å². The van der Waals surface area contributed by atoms with Gasteiger partial charge in [0.1, 0.15) is 31.3 Å². The molecule has 2 aromatic heterocycles. The summed E-state index contributed by atoms with van der Waals surface area (Å²) in [7, 11) is 0. The molecule has 0 fully saturated rings. The predicted molar refractivity (Wildman–Crippen MR) is 119 cm³/mol. The molecule has 4 nitrogen and oxygen atoms in total. The van der Waals surface area contributed by atoms with Crippen LogP contribution in [-0.4, -0.2) is 9.97 Å². The minimum absolute atomic E-state index is 0.392. The molecule has 0 saturated heterocycles. The monoisotopic (exact) mass is 400 g/mol. The van der Waals surface area contributed by atoms with Crippen LogP contribution in [0.1, 0.15) is 44.5 Å². The molecule has 2 N–H and O–H groups in total. The van der Waals surface area contributed by atoms with Gasteiger partial charge < -0.3 is 0 Å². The van der Waals surface area contributed by atoms with E-state index in [0.717, 1.165) is 6.54 Å². The van der Waals surface area contributed by atoms with Gasteiger partial charge in [0.15, 0.2) is 5.54 Å². The summed E-state index contributed by atoms with van der Waals surface area (Å²) in [5.41, 5.74) is 10.2. The van der Waals surface area contributed by atoms with Gasteiger partial charge in [0.25, 0.3) is 0 Å². The first kappa shape index (κ1) is 20.1. The molecule has 0 aliphatic heterocycles. The molecular weight excluding hydrogens is 368 g/mol. The average Bonchev–Trinajstić information content (AvgIpc) is 3.33. The lowest BCUT2D eigenvalue weighted by Gasteiger charge is -2.35. The number of hydrogen-bond donors (Lipinski definition) is 2. The Balaban J connectivity index is 2.17. The van der Waals surface area contributed by atoms with Crippen molar-refractivity contribution in [2.45, 2.75) is 53.6 Å². The lowest BCUT2D eigenvalue weighted by molar-refractivity contribution is -0.814. The van der Waals surface area contributed by atoms with Gasteiger partial charge in [-0.2, -0.15) is 0 Å². The van der Waals surface area contributed by atoms with E-state index in [1.807, 2.05) is 18.7 Å². The van der Waals surface area contributed by atoms with Crippen LogP contribution in [-0.2, 0) is 12.1 Å². The highest BCUT2D eigenvalue weighted by atomic mass is 15.2. The second-order valence-corrected chi connectivity index (χ2v) is 8.71. The van der Waals surface area contributed by atoms with E-state index in [1.165, 1.54) is 44.5 Å². The molecule has 0 aliphatic carbocycles. The third-order valence-electron chi connectivity index (χ3n) is 6.18. The van der Waals surface area contributed by atoms with E-state index in [1.54, 1.807) is 0 Å². The van der Waals surface area contributed by atoms with Crippen LogP contribution in [0.15, 0.2) is 61.7 Å². The van der Waals surface area contributed by atoms with Gasteiger partial charge in [0.2, 0.25) is 12.7 Å². The van der Waals surface area contributed by atoms with E-state index in [0.29, 0.717) is 0 Å². The second-order valence-electron chi connectivity index (χ2n) is 8.71. The number of aromatic nitrogens is 4. The molecule has 4 rings (SSSR count).